The van der Waals surface area contributed by atoms with Crippen LogP contribution in [-0.4, -0.2) is 40.4 Å². The summed E-state index contributed by atoms with van der Waals surface area (Å²) in [5.74, 6) is 2.58. The molecule has 1 aliphatic heterocycles. The minimum absolute atomic E-state index is 0.156. The SMILES string of the molecule is COc1cccc(OCc2nnc3n2N(C(=O)OCc2ccccc2)CCS3)c1. The van der Waals surface area contributed by atoms with Gasteiger partial charge in [-0.2, -0.15) is 0 Å². The average molecular weight is 412 g/mol. The maximum Gasteiger partial charge on any atom is 0.429 e. The summed E-state index contributed by atoms with van der Waals surface area (Å²) in [6.07, 6.45) is -0.446. The minimum atomic E-state index is -0.446. The van der Waals surface area contributed by atoms with Crippen LogP contribution in [0.1, 0.15) is 11.4 Å². The van der Waals surface area contributed by atoms with Gasteiger partial charge in [0.15, 0.2) is 5.82 Å². The maximum absolute atomic E-state index is 12.7. The molecule has 2 heterocycles. The quantitative estimate of drug-likeness (QED) is 0.615. The number of carbonyl (C=O) groups excluding carboxylic acids is 1. The Labute approximate surface area is 172 Å². The molecule has 0 fully saturated rings. The fourth-order valence-corrected chi connectivity index (χ4v) is 3.72. The van der Waals surface area contributed by atoms with Gasteiger partial charge in [0, 0.05) is 11.8 Å². The number of hydrogen-bond acceptors (Lipinski definition) is 7. The first kappa shape index (κ1) is 19.1. The van der Waals surface area contributed by atoms with Gasteiger partial charge in [0.05, 0.1) is 13.7 Å². The van der Waals surface area contributed by atoms with Crippen LogP contribution in [0.15, 0.2) is 59.8 Å². The van der Waals surface area contributed by atoms with Gasteiger partial charge < -0.3 is 14.2 Å². The van der Waals surface area contributed by atoms with Crippen LogP contribution >= 0.6 is 11.8 Å². The number of benzene rings is 2. The number of thioether (sulfide) groups is 1. The second kappa shape index (κ2) is 8.87. The van der Waals surface area contributed by atoms with E-state index in [2.05, 4.69) is 10.2 Å². The first-order valence-electron chi connectivity index (χ1n) is 9.07. The molecule has 3 aromatic rings. The highest BCUT2D eigenvalue weighted by Gasteiger charge is 2.28. The van der Waals surface area contributed by atoms with Gasteiger partial charge in [0.25, 0.3) is 0 Å². The van der Waals surface area contributed by atoms with Crippen molar-refractivity contribution in [3.63, 3.8) is 0 Å². The van der Waals surface area contributed by atoms with Gasteiger partial charge in [-0.1, -0.05) is 48.2 Å². The van der Waals surface area contributed by atoms with Crippen LogP contribution in [-0.2, 0) is 18.0 Å². The summed E-state index contributed by atoms with van der Waals surface area (Å²) in [4.78, 5) is 12.7. The zero-order valence-corrected chi connectivity index (χ0v) is 16.7. The molecule has 0 bridgehead atoms. The molecular formula is C20H20N4O4S. The lowest BCUT2D eigenvalue weighted by Gasteiger charge is -2.28. The Kier molecular flexibility index (Phi) is 5.85. The van der Waals surface area contributed by atoms with Crippen LogP contribution in [0.3, 0.4) is 0 Å². The third-order valence-electron chi connectivity index (χ3n) is 4.28. The van der Waals surface area contributed by atoms with Crippen molar-refractivity contribution in [3.05, 3.63) is 66.0 Å². The van der Waals surface area contributed by atoms with Crippen molar-refractivity contribution in [1.82, 2.24) is 14.9 Å². The molecule has 2 aromatic carbocycles. The predicted octanol–water partition coefficient (Wildman–Crippen LogP) is 3.25. The van der Waals surface area contributed by atoms with E-state index in [-0.39, 0.29) is 13.2 Å². The number of ether oxygens (including phenoxy) is 3. The van der Waals surface area contributed by atoms with E-state index in [4.69, 9.17) is 14.2 Å². The largest absolute Gasteiger partial charge is 0.497 e. The third-order valence-corrected chi connectivity index (χ3v) is 5.18. The van der Waals surface area contributed by atoms with Gasteiger partial charge in [-0.05, 0) is 17.7 Å². The maximum atomic E-state index is 12.7. The molecule has 1 aromatic heterocycles. The van der Waals surface area contributed by atoms with Crippen molar-refractivity contribution in [2.75, 3.05) is 24.4 Å². The summed E-state index contributed by atoms with van der Waals surface area (Å²) in [5.41, 5.74) is 0.929. The van der Waals surface area contributed by atoms with Gasteiger partial charge in [-0.25, -0.2) is 14.5 Å². The molecular weight excluding hydrogens is 392 g/mol. The Hall–Kier alpha value is -3.20. The number of carbonyl (C=O) groups is 1. The van der Waals surface area contributed by atoms with E-state index in [0.29, 0.717) is 29.0 Å². The van der Waals surface area contributed by atoms with Crippen molar-refractivity contribution in [1.29, 1.82) is 0 Å². The zero-order valence-electron chi connectivity index (χ0n) is 15.9. The smallest absolute Gasteiger partial charge is 0.429 e. The monoisotopic (exact) mass is 412 g/mol. The zero-order chi connectivity index (χ0) is 20.1. The molecule has 150 valence electrons. The highest BCUT2D eigenvalue weighted by Crippen LogP contribution is 2.24. The van der Waals surface area contributed by atoms with E-state index < -0.39 is 6.09 Å². The highest BCUT2D eigenvalue weighted by molar-refractivity contribution is 7.99. The van der Waals surface area contributed by atoms with Crippen molar-refractivity contribution in [3.8, 4) is 11.5 Å². The average Bonchev–Trinajstić information content (AvgIpc) is 3.20. The van der Waals surface area contributed by atoms with Crippen LogP contribution in [0.4, 0.5) is 4.79 Å². The van der Waals surface area contributed by atoms with E-state index in [1.165, 1.54) is 16.8 Å². The third kappa shape index (κ3) is 4.45. The molecule has 0 aliphatic carbocycles. The Morgan fingerprint density at radius 2 is 1.90 bits per heavy atom. The van der Waals surface area contributed by atoms with E-state index in [9.17, 15) is 4.79 Å². The summed E-state index contributed by atoms with van der Waals surface area (Å²) >= 11 is 1.54. The van der Waals surface area contributed by atoms with E-state index >= 15 is 0 Å². The van der Waals surface area contributed by atoms with Gasteiger partial charge in [0.2, 0.25) is 5.16 Å². The molecule has 0 N–H and O–H groups in total. The molecule has 8 nitrogen and oxygen atoms in total. The van der Waals surface area contributed by atoms with E-state index in [1.807, 2.05) is 48.5 Å². The number of nitrogens with zero attached hydrogens (tertiary/aromatic N) is 4. The van der Waals surface area contributed by atoms with Crippen LogP contribution < -0.4 is 14.5 Å². The summed E-state index contributed by atoms with van der Waals surface area (Å²) < 4.78 is 18.2. The lowest BCUT2D eigenvalue weighted by molar-refractivity contribution is 0.138. The normalized spacial score (nSPS) is 12.9. The molecule has 0 saturated heterocycles. The molecule has 29 heavy (non-hydrogen) atoms. The Balaban J connectivity index is 1.46. The summed E-state index contributed by atoms with van der Waals surface area (Å²) in [5, 5.41) is 10.5. The van der Waals surface area contributed by atoms with E-state index in [1.54, 1.807) is 17.9 Å². The summed E-state index contributed by atoms with van der Waals surface area (Å²) in [7, 11) is 1.60. The van der Waals surface area contributed by atoms with Gasteiger partial charge in [0.1, 0.15) is 24.7 Å². The molecule has 1 aliphatic rings. The topological polar surface area (TPSA) is 78.7 Å². The van der Waals surface area contributed by atoms with Crippen LogP contribution in [0, 0.1) is 0 Å². The van der Waals surface area contributed by atoms with Crippen molar-refractivity contribution >= 4 is 17.9 Å². The number of methoxy groups -OCH3 is 1. The Morgan fingerprint density at radius 3 is 2.72 bits per heavy atom. The summed E-state index contributed by atoms with van der Waals surface area (Å²) in [6, 6.07) is 16.9. The van der Waals surface area contributed by atoms with Crippen molar-refractivity contribution in [2.45, 2.75) is 18.4 Å². The van der Waals surface area contributed by atoms with Crippen LogP contribution in [0.5, 0.6) is 11.5 Å². The molecule has 0 spiro atoms. The van der Waals surface area contributed by atoms with Crippen molar-refractivity contribution in [2.24, 2.45) is 0 Å². The van der Waals surface area contributed by atoms with E-state index in [0.717, 1.165) is 11.3 Å². The highest BCUT2D eigenvalue weighted by atomic mass is 32.2. The van der Waals surface area contributed by atoms with Crippen LogP contribution in [0.25, 0.3) is 0 Å². The van der Waals surface area contributed by atoms with Gasteiger partial charge in [-0.15, -0.1) is 10.2 Å². The molecule has 1 amide bonds. The minimum Gasteiger partial charge on any atom is -0.497 e. The second-order valence-corrected chi connectivity index (χ2v) is 7.25. The number of fused-ring (bicyclic) bond motifs is 1. The molecule has 0 saturated carbocycles. The molecule has 0 radical (unpaired) electrons. The predicted molar refractivity (Wildman–Crippen MR) is 108 cm³/mol. The number of hydrogen-bond donors (Lipinski definition) is 0. The fraction of sp³-hybridized carbons (Fsp3) is 0.250. The molecule has 0 atom stereocenters. The van der Waals surface area contributed by atoms with Gasteiger partial charge >= 0.3 is 6.09 Å². The van der Waals surface area contributed by atoms with Crippen LogP contribution in [0.2, 0.25) is 0 Å². The Bertz CT molecular complexity index is 980. The lowest BCUT2D eigenvalue weighted by atomic mass is 10.2. The number of amides is 1. The first-order chi connectivity index (χ1) is 14.2. The van der Waals surface area contributed by atoms with Gasteiger partial charge in [-0.3, -0.25) is 0 Å². The second-order valence-electron chi connectivity index (χ2n) is 6.19. The lowest BCUT2D eigenvalue weighted by Crippen LogP contribution is -2.46. The Morgan fingerprint density at radius 1 is 1.07 bits per heavy atom. The molecule has 4 rings (SSSR count). The fourth-order valence-electron chi connectivity index (χ4n) is 2.85. The number of aromatic nitrogens is 3. The molecule has 9 heteroatoms. The molecule has 0 unspecified atom stereocenters. The standard InChI is InChI=1S/C20H20N4O4S/c1-26-16-8-5-9-17(12-16)27-14-18-21-22-19-24(18)23(10-11-29-19)20(25)28-13-15-6-3-2-4-7-15/h2-9,12H,10-11,13-14H2,1H3. The number of rotatable bonds is 6. The summed E-state index contributed by atoms with van der Waals surface area (Å²) in [6.45, 7) is 0.856. The first-order valence-corrected chi connectivity index (χ1v) is 10.1. The van der Waals surface area contributed by atoms with Crippen molar-refractivity contribution < 1.29 is 19.0 Å².